The molecule has 1 unspecified atom stereocenters. The first-order valence-electron chi connectivity index (χ1n) is 4.89. The summed E-state index contributed by atoms with van der Waals surface area (Å²) in [6.45, 7) is 2.16. The number of halogens is 1. The van der Waals surface area contributed by atoms with Crippen molar-refractivity contribution in [2.75, 3.05) is 19.0 Å². The van der Waals surface area contributed by atoms with Gasteiger partial charge in [-0.15, -0.1) is 11.6 Å². The highest BCUT2D eigenvalue weighted by Gasteiger charge is 2.34. The fraction of sp³-hybridized carbons (Fsp3) is 0.889. The van der Waals surface area contributed by atoms with Crippen LogP contribution in [-0.2, 0) is 4.79 Å². The predicted molar refractivity (Wildman–Crippen MR) is 51.9 cm³/mol. The van der Waals surface area contributed by atoms with Crippen LogP contribution >= 0.6 is 11.6 Å². The Bertz CT molecular complexity index is 206. The summed E-state index contributed by atoms with van der Waals surface area (Å²) >= 11 is 5.42. The second-order valence-electron chi connectivity index (χ2n) is 3.91. The normalized spacial score (nSPS) is 29.2. The van der Waals surface area contributed by atoms with E-state index in [-0.39, 0.29) is 11.8 Å². The molecule has 13 heavy (non-hydrogen) atoms. The molecule has 0 aromatic rings. The van der Waals surface area contributed by atoms with Gasteiger partial charge in [0.1, 0.15) is 5.88 Å². The lowest BCUT2D eigenvalue weighted by atomic mass is 10.2. The molecule has 0 spiro atoms. The van der Waals surface area contributed by atoms with Gasteiger partial charge in [-0.2, -0.15) is 0 Å². The van der Waals surface area contributed by atoms with Gasteiger partial charge in [-0.05, 0) is 19.3 Å². The Labute approximate surface area is 83.4 Å². The van der Waals surface area contributed by atoms with Crippen LogP contribution in [0, 0.1) is 0 Å². The third kappa shape index (κ3) is 2.35. The van der Waals surface area contributed by atoms with E-state index in [0.717, 1.165) is 25.6 Å². The Balaban J connectivity index is 1.74. The van der Waals surface area contributed by atoms with Crippen molar-refractivity contribution in [1.29, 1.82) is 0 Å². The Morgan fingerprint density at radius 2 is 2.23 bits per heavy atom. The van der Waals surface area contributed by atoms with Gasteiger partial charge >= 0.3 is 0 Å². The molecule has 4 heteroatoms. The maximum Gasteiger partial charge on any atom is 0.235 e. The lowest BCUT2D eigenvalue weighted by molar-refractivity contribution is -0.119. The van der Waals surface area contributed by atoms with Crippen molar-refractivity contribution in [3.8, 4) is 0 Å². The van der Waals surface area contributed by atoms with Gasteiger partial charge in [0.15, 0.2) is 0 Å². The lowest BCUT2D eigenvalue weighted by Gasteiger charge is -2.15. The first-order valence-corrected chi connectivity index (χ1v) is 5.42. The van der Waals surface area contributed by atoms with Crippen LogP contribution in [-0.4, -0.2) is 41.9 Å². The van der Waals surface area contributed by atoms with Crippen LogP contribution in [0.5, 0.6) is 0 Å². The average Bonchev–Trinajstić information content (AvgIpc) is 2.88. The molecule has 3 nitrogen and oxygen atoms in total. The quantitative estimate of drug-likeness (QED) is 0.680. The smallest absolute Gasteiger partial charge is 0.235 e. The van der Waals surface area contributed by atoms with E-state index in [2.05, 4.69) is 10.2 Å². The molecule has 1 N–H and O–H groups in total. The second kappa shape index (κ2) is 3.84. The molecule has 74 valence electrons. The molecule has 0 bridgehead atoms. The molecule has 1 saturated carbocycles. The summed E-state index contributed by atoms with van der Waals surface area (Å²) in [6.07, 6.45) is 3.77. The number of amides is 1. The van der Waals surface area contributed by atoms with E-state index in [1.807, 2.05) is 0 Å². The zero-order valence-corrected chi connectivity index (χ0v) is 8.39. The molecular weight excluding hydrogens is 188 g/mol. The maximum absolute atomic E-state index is 11.0. The van der Waals surface area contributed by atoms with Gasteiger partial charge in [-0.3, -0.25) is 9.69 Å². The molecule has 1 amide bonds. The van der Waals surface area contributed by atoms with Crippen LogP contribution in [0.4, 0.5) is 0 Å². The Morgan fingerprint density at radius 3 is 2.85 bits per heavy atom. The molecule has 0 radical (unpaired) electrons. The molecule has 2 fully saturated rings. The molecule has 1 aliphatic carbocycles. The molecule has 0 aromatic carbocycles. The van der Waals surface area contributed by atoms with E-state index in [0.29, 0.717) is 6.04 Å². The van der Waals surface area contributed by atoms with Crippen LogP contribution in [0.15, 0.2) is 0 Å². The van der Waals surface area contributed by atoms with E-state index in [4.69, 9.17) is 11.6 Å². The average molecular weight is 203 g/mol. The van der Waals surface area contributed by atoms with E-state index < -0.39 is 0 Å². The van der Waals surface area contributed by atoms with Crippen molar-refractivity contribution in [3.05, 3.63) is 0 Å². The number of nitrogens with zero attached hydrogens (tertiary/aromatic N) is 1. The fourth-order valence-corrected chi connectivity index (χ4v) is 2.02. The van der Waals surface area contributed by atoms with Gasteiger partial charge in [0.2, 0.25) is 5.91 Å². The number of hydrogen-bond donors (Lipinski definition) is 1. The Morgan fingerprint density at radius 1 is 1.46 bits per heavy atom. The summed E-state index contributed by atoms with van der Waals surface area (Å²) < 4.78 is 0. The number of carbonyl (C=O) groups excluding carboxylic acids is 1. The third-order valence-corrected chi connectivity index (χ3v) is 3.01. The maximum atomic E-state index is 11.0. The summed E-state index contributed by atoms with van der Waals surface area (Å²) in [6, 6.07) is 1.16. The van der Waals surface area contributed by atoms with Gasteiger partial charge in [0.05, 0.1) is 0 Å². The van der Waals surface area contributed by atoms with E-state index in [9.17, 15) is 4.79 Å². The number of likely N-dealkylation sites (tertiary alicyclic amines) is 1. The van der Waals surface area contributed by atoms with E-state index in [1.165, 1.54) is 12.8 Å². The first-order chi connectivity index (χ1) is 6.29. The second-order valence-corrected chi connectivity index (χ2v) is 4.18. The molecular formula is C9H15ClN2O. The first kappa shape index (κ1) is 9.28. The highest BCUT2D eigenvalue weighted by molar-refractivity contribution is 6.27. The summed E-state index contributed by atoms with van der Waals surface area (Å²) in [5, 5.41) is 2.93. The van der Waals surface area contributed by atoms with Crippen LogP contribution in [0.3, 0.4) is 0 Å². The topological polar surface area (TPSA) is 32.3 Å². The monoisotopic (exact) mass is 202 g/mol. The molecule has 1 saturated heterocycles. The summed E-state index contributed by atoms with van der Waals surface area (Å²) in [5.41, 5.74) is 0. The van der Waals surface area contributed by atoms with Crippen LogP contribution in [0.2, 0.25) is 0 Å². The SMILES string of the molecule is O=C(CCl)NC1CCN(C2CC2)C1. The standard InChI is InChI=1S/C9H15ClN2O/c10-5-9(13)11-7-3-4-12(6-7)8-1-2-8/h7-8H,1-6H2,(H,11,13). The molecule has 1 aliphatic heterocycles. The minimum atomic E-state index is -0.0377. The highest BCUT2D eigenvalue weighted by Crippen LogP contribution is 2.29. The van der Waals surface area contributed by atoms with E-state index >= 15 is 0 Å². The number of nitrogens with one attached hydrogen (secondary N) is 1. The zero-order chi connectivity index (χ0) is 9.26. The molecule has 2 rings (SSSR count). The minimum Gasteiger partial charge on any atom is -0.351 e. The Hall–Kier alpha value is -0.280. The largest absolute Gasteiger partial charge is 0.351 e. The lowest BCUT2D eigenvalue weighted by Crippen LogP contribution is -2.38. The third-order valence-electron chi connectivity index (χ3n) is 2.77. The number of hydrogen-bond acceptors (Lipinski definition) is 2. The molecule has 1 atom stereocenters. The predicted octanol–water partition coefficient (Wildman–Crippen LogP) is 0.578. The fourth-order valence-electron chi connectivity index (χ4n) is 1.94. The van der Waals surface area contributed by atoms with Crippen LogP contribution in [0.1, 0.15) is 19.3 Å². The minimum absolute atomic E-state index is 0.0377. The molecule has 1 heterocycles. The summed E-state index contributed by atoms with van der Waals surface area (Å²) in [7, 11) is 0. The van der Waals surface area contributed by atoms with Crippen molar-refractivity contribution < 1.29 is 4.79 Å². The van der Waals surface area contributed by atoms with E-state index in [1.54, 1.807) is 0 Å². The summed E-state index contributed by atoms with van der Waals surface area (Å²) in [5.74, 6) is 0.0456. The summed E-state index contributed by atoms with van der Waals surface area (Å²) in [4.78, 5) is 13.5. The van der Waals surface area contributed by atoms with Gasteiger partial charge in [0.25, 0.3) is 0 Å². The molecule has 2 aliphatic rings. The van der Waals surface area contributed by atoms with Crippen molar-refractivity contribution in [2.24, 2.45) is 0 Å². The van der Waals surface area contributed by atoms with Crippen LogP contribution < -0.4 is 5.32 Å². The number of carbonyl (C=O) groups is 1. The van der Waals surface area contributed by atoms with Crippen molar-refractivity contribution in [3.63, 3.8) is 0 Å². The number of rotatable bonds is 3. The van der Waals surface area contributed by atoms with Gasteiger partial charge in [-0.1, -0.05) is 0 Å². The van der Waals surface area contributed by atoms with Crippen molar-refractivity contribution >= 4 is 17.5 Å². The van der Waals surface area contributed by atoms with Crippen molar-refractivity contribution in [1.82, 2.24) is 10.2 Å². The molecule has 0 aromatic heterocycles. The van der Waals surface area contributed by atoms with Gasteiger partial charge in [0, 0.05) is 25.2 Å². The van der Waals surface area contributed by atoms with Crippen molar-refractivity contribution in [2.45, 2.75) is 31.3 Å². The highest BCUT2D eigenvalue weighted by atomic mass is 35.5. The zero-order valence-electron chi connectivity index (χ0n) is 7.63. The van der Waals surface area contributed by atoms with Gasteiger partial charge < -0.3 is 5.32 Å². The van der Waals surface area contributed by atoms with Gasteiger partial charge in [-0.25, -0.2) is 0 Å². The number of alkyl halides is 1. The Kier molecular flexibility index (Phi) is 2.74. The van der Waals surface area contributed by atoms with Crippen LogP contribution in [0.25, 0.3) is 0 Å².